The van der Waals surface area contributed by atoms with Gasteiger partial charge in [-0.3, -0.25) is 4.90 Å². The van der Waals surface area contributed by atoms with Crippen molar-refractivity contribution in [1.29, 1.82) is 0 Å². The lowest BCUT2D eigenvalue weighted by Gasteiger charge is -2.36. The second-order valence-electron chi connectivity index (χ2n) is 4.96. The fourth-order valence-electron chi connectivity index (χ4n) is 2.40. The van der Waals surface area contributed by atoms with Crippen molar-refractivity contribution in [3.63, 3.8) is 0 Å². The van der Waals surface area contributed by atoms with Crippen molar-refractivity contribution in [3.8, 4) is 0 Å². The summed E-state index contributed by atoms with van der Waals surface area (Å²) in [5, 5.41) is 3.46. The molecular formula is C13H28N2. The Kier molecular flexibility index (Phi) is 6.26. The highest BCUT2D eigenvalue weighted by Crippen LogP contribution is 2.16. The smallest absolute Gasteiger partial charge is 0.0193 e. The molecule has 1 heterocycles. The Labute approximate surface area is 95.4 Å². The summed E-state index contributed by atoms with van der Waals surface area (Å²) in [4.78, 5) is 2.67. The van der Waals surface area contributed by atoms with Crippen molar-refractivity contribution >= 4 is 0 Å². The molecule has 2 atom stereocenters. The summed E-state index contributed by atoms with van der Waals surface area (Å²) in [6, 6.07) is 0.731. The van der Waals surface area contributed by atoms with Crippen LogP contribution in [0.5, 0.6) is 0 Å². The third kappa shape index (κ3) is 4.52. The van der Waals surface area contributed by atoms with Crippen LogP contribution in [0.4, 0.5) is 0 Å². The summed E-state index contributed by atoms with van der Waals surface area (Å²) in [5.41, 5.74) is 0. The molecule has 0 aromatic heterocycles. The van der Waals surface area contributed by atoms with Crippen LogP contribution in [0.3, 0.4) is 0 Å². The van der Waals surface area contributed by atoms with E-state index in [0.717, 1.165) is 12.0 Å². The molecule has 1 rings (SSSR count). The molecule has 1 unspecified atom stereocenters. The molecule has 0 bridgehead atoms. The molecule has 15 heavy (non-hydrogen) atoms. The van der Waals surface area contributed by atoms with Crippen LogP contribution in [-0.4, -0.2) is 37.1 Å². The first-order valence-corrected chi connectivity index (χ1v) is 6.72. The monoisotopic (exact) mass is 212 g/mol. The molecule has 90 valence electrons. The fourth-order valence-corrected chi connectivity index (χ4v) is 2.40. The van der Waals surface area contributed by atoms with E-state index in [1.54, 1.807) is 0 Å². The summed E-state index contributed by atoms with van der Waals surface area (Å²) in [6.07, 6.45) is 5.51. The SMILES string of the molecule is CCCCC(CC)CN1CCNC[C@H]1C. The molecule has 0 radical (unpaired) electrons. The Hall–Kier alpha value is -0.0800. The molecule has 1 saturated heterocycles. The Morgan fingerprint density at radius 3 is 2.80 bits per heavy atom. The highest BCUT2D eigenvalue weighted by molar-refractivity contribution is 4.77. The van der Waals surface area contributed by atoms with E-state index >= 15 is 0 Å². The Morgan fingerprint density at radius 2 is 2.20 bits per heavy atom. The maximum absolute atomic E-state index is 3.46. The van der Waals surface area contributed by atoms with E-state index in [0.29, 0.717) is 0 Å². The quantitative estimate of drug-likeness (QED) is 0.728. The molecule has 0 saturated carbocycles. The fraction of sp³-hybridized carbons (Fsp3) is 1.00. The van der Waals surface area contributed by atoms with Gasteiger partial charge in [0.2, 0.25) is 0 Å². The molecule has 1 N–H and O–H groups in total. The minimum absolute atomic E-state index is 0.731. The van der Waals surface area contributed by atoms with Crippen molar-refractivity contribution in [2.45, 2.75) is 52.5 Å². The molecule has 0 aromatic carbocycles. The van der Waals surface area contributed by atoms with E-state index in [1.165, 1.54) is 51.9 Å². The van der Waals surface area contributed by atoms with Crippen molar-refractivity contribution in [2.24, 2.45) is 5.92 Å². The molecule has 0 amide bonds. The van der Waals surface area contributed by atoms with Gasteiger partial charge in [0.05, 0.1) is 0 Å². The highest BCUT2D eigenvalue weighted by Gasteiger charge is 2.20. The summed E-state index contributed by atoms with van der Waals surface area (Å²) < 4.78 is 0. The zero-order valence-corrected chi connectivity index (χ0v) is 10.8. The van der Waals surface area contributed by atoms with Crippen LogP contribution < -0.4 is 5.32 Å². The number of piperazine rings is 1. The van der Waals surface area contributed by atoms with Gasteiger partial charge in [-0.15, -0.1) is 0 Å². The first-order valence-electron chi connectivity index (χ1n) is 6.72. The largest absolute Gasteiger partial charge is 0.314 e. The maximum atomic E-state index is 3.46. The van der Waals surface area contributed by atoms with Crippen molar-refractivity contribution in [2.75, 3.05) is 26.2 Å². The van der Waals surface area contributed by atoms with E-state index in [2.05, 4.69) is 31.0 Å². The van der Waals surface area contributed by atoms with Gasteiger partial charge in [0, 0.05) is 32.2 Å². The zero-order valence-electron chi connectivity index (χ0n) is 10.8. The van der Waals surface area contributed by atoms with Gasteiger partial charge >= 0.3 is 0 Å². The topological polar surface area (TPSA) is 15.3 Å². The molecule has 1 fully saturated rings. The lowest BCUT2D eigenvalue weighted by atomic mass is 9.98. The number of rotatable bonds is 6. The lowest BCUT2D eigenvalue weighted by molar-refractivity contribution is 0.142. The van der Waals surface area contributed by atoms with E-state index in [1.807, 2.05) is 0 Å². The lowest BCUT2D eigenvalue weighted by Crippen LogP contribution is -2.51. The predicted molar refractivity (Wildman–Crippen MR) is 67.2 cm³/mol. The van der Waals surface area contributed by atoms with Gasteiger partial charge in [-0.2, -0.15) is 0 Å². The van der Waals surface area contributed by atoms with Crippen molar-refractivity contribution < 1.29 is 0 Å². The standard InChI is InChI=1S/C13H28N2/c1-4-6-7-13(5-2)11-15-9-8-14-10-12(15)3/h12-14H,4-11H2,1-3H3/t12-,13?/m1/s1. The molecule has 1 aliphatic heterocycles. The summed E-state index contributed by atoms with van der Waals surface area (Å²) >= 11 is 0. The van der Waals surface area contributed by atoms with Crippen molar-refractivity contribution in [1.82, 2.24) is 10.2 Å². The van der Waals surface area contributed by atoms with Crippen LogP contribution in [0.25, 0.3) is 0 Å². The minimum Gasteiger partial charge on any atom is -0.314 e. The Balaban J connectivity index is 2.29. The maximum Gasteiger partial charge on any atom is 0.0193 e. The van der Waals surface area contributed by atoms with Gasteiger partial charge in [0.15, 0.2) is 0 Å². The number of nitrogens with zero attached hydrogens (tertiary/aromatic N) is 1. The molecule has 2 nitrogen and oxygen atoms in total. The molecule has 2 heteroatoms. The van der Waals surface area contributed by atoms with Crippen LogP contribution in [0, 0.1) is 5.92 Å². The van der Waals surface area contributed by atoms with Gasteiger partial charge in [0.25, 0.3) is 0 Å². The van der Waals surface area contributed by atoms with E-state index < -0.39 is 0 Å². The van der Waals surface area contributed by atoms with Gasteiger partial charge in [-0.25, -0.2) is 0 Å². The van der Waals surface area contributed by atoms with Crippen LogP contribution in [0.1, 0.15) is 46.5 Å². The summed E-state index contributed by atoms with van der Waals surface area (Å²) in [6.45, 7) is 11.9. The molecule has 0 aliphatic carbocycles. The first-order chi connectivity index (χ1) is 7.27. The zero-order chi connectivity index (χ0) is 11.1. The van der Waals surface area contributed by atoms with Crippen LogP contribution in [0.2, 0.25) is 0 Å². The summed E-state index contributed by atoms with van der Waals surface area (Å²) in [7, 11) is 0. The van der Waals surface area contributed by atoms with Gasteiger partial charge in [-0.1, -0.05) is 33.1 Å². The number of hydrogen-bond donors (Lipinski definition) is 1. The summed E-state index contributed by atoms with van der Waals surface area (Å²) in [5.74, 6) is 0.922. The third-order valence-electron chi connectivity index (χ3n) is 3.67. The number of unbranched alkanes of at least 4 members (excludes halogenated alkanes) is 1. The van der Waals surface area contributed by atoms with Gasteiger partial charge in [-0.05, 0) is 19.3 Å². The second-order valence-corrected chi connectivity index (χ2v) is 4.96. The Morgan fingerprint density at radius 1 is 1.40 bits per heavy atom. The van der Waals surface area contributed by atoms with E-state index in [-0.39, 0.29) is 0 Å². The second kappa shape index (κ2) is 7.24. The molecular weight excluding hydrogens is 184 g/mol. The van der Waals surface area contributed by atoms with Crippen LogP contribution in [-0.2, 0) is 0 Å². The number of hydrogen-bond acceptors (Lipinski definition) is 2. The first kappa shape index (κ1) is 13.0. The average molecular weight is 212 g/mol. The molecule has 0 spiro atoms. The van der Waals surface area contributed by atoms with E-state index in [4.69, 9.17) is 0 Å². The minimum atomic E-state index is 0.731. The highest BCUT2D eigenvalue weighted by atomic mass is 15.2. The van der Waals surface area contributed by atoms with Crippen molar-refractivity contribution in [3.05, 3.63) is 0 Å². The average Bonchev–Trinajstić information content (AvgIpc) is 2.26. The Bertz CT molecular complexity index is 159. The van der Waals surface area contributed by atoms with Crippen LogP contribution in [0.15, 0.2) is 0 Å². The molecule has 1 aliphatic rings. The van der Waals surface area contributed by atoms with E-state index in [9.17, 15) is 0 Å². The predicted octanol–water partition coefficient (Wildman–Crippen LogP) is 2.50. The third-order valence-corrected chi connectivity index (χ3v) is 3.67. The number of nitrogens with one attached hydrogen (secondary N) is 1. The van der Waals surface area contributed by atoms with Crippen LogP contribution >= 0.6 is 0 Å². The normalized spacial score (nSPS) is 25.4. The molecule has 0 aromatic rings. The van der Waals surface area contributed by atoms with Gasteiger partial charge < -0.3 is 5.32 Å². The van der Waals surface area contributed by atoms with Gasteiger partial charge in [0.1, 0.15) is 0 Å².